The Kier molecular flexibility index (Phi) is 3.19. The van der Waals surface area contributed by atoms with Gasteiger partial charge in [0.2, 0.25) is 0 Å². The molecule has 0 saturated heterocycles. The van der Waals surface area contributed by atoms with Crippen molar-refractivity contribution < 1.29 is 4.74 Å². The van der Waals surface area contributed by atoms with Gasteiger partial charge in [-0.15, -0.1) is 0 Å². The lowest BCUT2D eigenvalue weighted by Gasteiger charge is -2.31. The summed E-state index contributed by atoms with van der Waals surface area (Å²) in [7, 11) is 0.199. The molecule has 2 heteroatoms. The van der Waals surface area contributed by atoms with Gasteiger partial charge in [0.05, 0.1) is 7.11 Å². The topological polar surface area (TPSA) is 9.23 Å². The first-order valence-corrected chi connectivity index (χ1v) is 6.86. The van der Waals surface area contributed by atoms with Crippen LogP contribution in [0, 0.1) is 11.7 Å². The van der Waals surface area contributed by atoms with E-state index in [1.807, 2.05) is 0 Å². The third-order valence-corrected chi connectivity index (χ3v) is 6.82. The highest BCUT2D eigenvalue weighted by atomic mass is 28.3. The van der Waals surface area contributed by atoms with E-state index in [9.17, 15) is 0 Å². The minimum Gasteiger partial charge on any atom is -0.450 e. The average Bonchev–Trinajstić information content (AvgIpc) is 1.81. The molecule has 0 aliphatic heterocycles. The van der Waals surface area contributed by atoms with Gasteiger partial charge in [-0.1, -0.05) is 39.4 Å². The van der Waals surface area contributed by atoms with Gasteiger partial charge in [-0.05, 0) is 5.04 Å². The minimum absolute atomic E-state index is 0.332. The Morgan fingerprint density at radius 2 is 1.64 bits per heavy atom. The van der Waals surface area contributed by atoms with E-state index in [0.717, 1.165) is 0 Å². The fourth-order valence-electron chi connectivity index (χ4n) is 0.366. The van der Waals surface area contributed by atoms with Gasteiger partial charge >= 0.3 is 0 Å². The summed E-state index contributed by atoms with van der Waals surface area (Å²) in [6.45, 7) is 11.2. The lowest BCUT2D eigenvalue weighted by Crippen LogP contribution is -2.35. The molecule has 0 aromatic carbocycles. The molecule has 0 spiro atoms. The van der Waals surface area contributed by atoms with Crippen LogP contribution in [0.3, 0.4) is 0 Å². The van der Waals surface area contributed by atoms with E-state index < -0.39 is 8.07 Å². The first kappa shape index (κ1) is 10.6. The molecule has 0 saturated carbocycles. The van der Waals surface area contributed by atoms with Crippen LogP contribution in [0.5, 0.6) is 0 Å². The number of rotatable bonds is 0. The molecule has 0 bridgehead atoms. The van der Waals surface area contributed by atoms with E-state index in [1.165, 1.54) is 0 Å². The number of hydrogen-bond donors (Lipinski definition) is 0. The van der Waals surface area contributed by atoms with Crippen molar-refractivity contribution in [1.29, 1.82) is 0 Å². The van der Waals surface area contributed by atoms with Crippen LogP contribution in [-0.2, 0) is 4.74 Å². The first-order valence-electron chi connectivity index (χ1n) is 3.86. The second-order valence-electron chi connectivity index (χ2n) is 4.31. The van der Waals surface area contributed by atoms with E-state index in [1.54, 1.807) is 7.11 Å². The van der Waals surface area contributed by atoms with E-state index >= 15 is 0 Å². The van der Waals surface area contributed by atoms with Gasteiger partial charge in [-0.25, -0.2) is 0 Å². The molecule has 0 aromatic heterocycles. The molecule has 0 radical (unpaired) electrons. The van der Waals surface area contributed by atoms with Crippen LogP contribution in [0.2, 0.25) is 18.1 Å². The Morgan fingerprint density at radius 3 is 1.91 bits per heavy atom. The van der Waals surface area contributed by atoms with Crippen LogP contribution in [0.1, 0.15) is 20.8 Å². The van der Waals surface area contributed by atoms with Gasteiger partial charge in [0.25, 0.3) is 0 Å². The predicted octanol–water partition coefficient (Wildman–Crippen LogP) is 2.64. The van der Waals surface area contributed by atoms with Crippen molar-refractivity contribution in [3.8, 4) is 11.7 Å². The highest BCUT2D eigenvalue weighted by molar-refractivity contribution is 6.87. The zero-order chi connectivity index (χ0) is 9.12. The van der Waals surface area contributed by atoms with Crippen LogP contribution < -0.4 is 0 Å². The fraction of sp³-hybridized carbons (Fsp3) is 0.778. The summed E-state index contributed by atoms with van der Waals surface area (Å²) in [6.07, 6.45) is 2.71. The largest absolute Gasteiger partial charge is 0.450 e. The molecule has 0 aromatic rings. The van der Waals surface area contributed by atoms with Crippen LogP contribution in [-0.4, -0.2) is 15.2 Å². The smallest absolute Gasteiger partial charge is 0.142 e. The average molecular weight is 170 g/mol. The van der Waals surface area contributed by atoms with Gasteiger partial charge in [0.15, 0.2) is 0 Å². The minimum atomic E-state index is -1.41. The van der Waals surface area contributed by atoms with E-state index in [-0.39, 0.29) is 0 Å². The van der Waals surface area contributed by atoms with Crippen molar-refractivity contribution in [2.24, 2.45) is 0 Å². The molecular formula is C9H18OSi. The maximum Gasteiger partial charge on any atom is 0.142 e. The lowest BCUT2D eigenvalue weighted by molar-refractivity contribution is 0.372. The highest BCUT2D eigenvalue weighted by Gasteiger charge is 2.33. The summed E-state index contributed by atoms with van der Waals surface area (Å²) >= 11 is 0. The quantitative estimate of drug-likeness (QED) is 0.401. The van der Waals surface area contributed by atoms with Gasteiger partial charge in [0, 0.05) is 0 Å². The number of methoxy groups -OCH3 is 1. The van der Waals surface area contributed by atoms with Gasteiger partial charge < -0.3 is 4.74 Å². The Morgan fingerprint density at radius 1 is 1.18 bits per heavy atom. The second-order valence-corrected chi connectivity index (χ2v) is 9.31. The molecule has 0 atom stereocenters. The van der Waals surface area contributed by atoms with Crippen molar-refractivity contribution in [2.45, 2.75) is 38.9 Å². The van der Waals surface area contributed by atoms with E-state index in [2.05, 4.69) is 45.5 Å². The van der Waals surface area contributed by atoms with Crippen molar-refractivity contribution in [3.63, 3.8) is 0 Å². The van der Waals surface area contributed by atoms with Gasteiger partial charge in [-0.2, -0.15) is 0 Å². The Hall–Kier alpha value is -0.423. The Balaban J connectivity index is 4.47. The molecule has 1 nitrogen and oxygen atoms in total. The van der Waals surface area contributed by atoms with Gasteiger partial charge in [-0.3, -0.25) is 0 Å². The highest BCUT2D eigenvalue weighted by Crippen LogP contribution is 2.34. The SMILES string of the molecule is COC#C[Si](C)(C)C(C)(C)C. The van der Waals surface area contributed by atoms with Crippen molar-refractivity contribution >= 4 is 8.07 Å². The van der Waals surface area contributed by atoms with E-state index in [4.69, 9.17) is 4.74 Å². The Labute approximate surface area is 71.2 Å². The van der Waals surface area contributed by atoms with Crippen LogP contribution in [0.4, 0.5) is 0 Å². The van der Waals surface area contributed by atoms with Crippen LogP contribution in [0.15, 0.2) is 0 Å². The molecule has 11 heavy (non-hydrogen) atoms. The molecule has 0 fully saturated rings. The summed E-state index contributed by atoms with van der Waals surface area (Å²) < 4.78 is 4.75. The zero-order valence-corrected chi connectivity index (χ0v) is 9.41. The molecule has 0 heterocycles. The molecule has 0 amide bonds. The number of ether oxygens (including phenoxy) is 1. The standard InChI is InChI=1S/C9H18OSi/c1-9(2,3)11(5,6)8-7-10-4/h1-6H3. The monoisotopic (exact) mass is 170 g/mol. The van der Waals surface area contributed by atoms with Crippen LogP contribution in [0.25, 0.3) is 0 Å². The fourth-order valence-corrected chi connectivity index (χ4v) is 1.10. The first-order chi connectivity index (χ1) is 4.81. The molecule has 0 N–H and O–H groups in total. The Bertz CT molecular complexity index is 178. The van der Waals surface area contributed by atoms with E-state index in [0.29, 0.717) is 5.04 Å². The normalized spacial score (nSPS) is 11.8. The van der Waals surface area contributed by atoms with Crippen molar-refractivity contribution in [1.82, 2.24) is 0 Å². The van der Waals surface area contributed by atoms with Gasteiger partial charge in [0.1, 0.15) is 14.2 Å². The van der Waals surface area contributed by atoms with Crippen molar-refractivity contribution in [3.05, 3.63) is 0 Å². The third-order valence-electron chi connectivity index (χ3n) is 2.34. The molecule has 0 unspecified atom stereocenters. The summed E-state index contributed by atoms with van der Waals surface area (Å²) in [4.78, 5) is 0. The van der Waals surface area contributed by atoms with Crippen LogP contribution >= 0.6 is 0 Å². The summed E-state index contributed by atoms with van der Waals surface area (Å²) in [5.74, 6) is 0. The zero-order valence-electron chi connectivity index (χ0n) is 8.41. The molecular weight excluding hydrogens is 152 g/mol. The lowest BCUT2D eigenvalue weighted by atomic mass is 10.2. The van der Waals surface area contributed by atoms with Crippen molar-refractivity contribution in [2.75, 3.05) is 7.11 Å². The molecule has 0 rings (SSSR count). The maximum absolute atomic E-state index is 4.75. The second kappa shape index (κ2) is 3.32. The third kappa shape index (κ3) is 2.98. The molecule has 0 aliphatic rings. The molecule has 64 valence electrons. The maximum atomic E-state index is 4.75. The number of hydrogen-bond acceptors (Lipinski definition) is 1. The summed E-state index contributed by atoms with van der Waals surface area (Å²) in [5.41, 5.74) is 3.22. The summed E-state index contributed by atoms with van der Waals surface area (Å²) in [6, 6.07) is 0. The summed E-state index contributed by atoms with van der Waals surface area (Å²) in [5, 5.41) is 0.332. The predicted molar refractivity (Wildman–Crippen MR) is 52.0 cm³/mol. The molecule has 0 aliphatic carbocycles.